The molecule has 0 aromatic heterocycles. The maximum Gasteiger partial charge on any atom is 0.310 e. The molecule has 5 heteroatoms. The average molecular weight is 368 g/mol. The Bertz CT molecular complexity index is 963. The van der Waals surface area contributed by atoms with Crippen molar-refractivity contribution in [2.45, 2.75) is 13.3 Å². The standard InChI is InChI=1S/C21H18ClNO3/c1-14-18(22)10-5-11-19(14)23-20(24)13-26-21(25)12-16-8-4-7-15-6-2-3-9-17(15)16/h2-11H,12-13H2,1H3,(H,23,24). The Morgan fingerprint density at radius 2 is 1.73 bits per heavy atom. The van der Waals surface area contributed by atoms with E-state index in [1.807, 2.05) is 49.4 Å². The van der Waals surface area contributed by atoms with E-state index in [4.69, 9.17) is 16.3 Å². The largest absolute Gasteiger partial charge is 0.455 e. The van der Waals surface area contributed by atoms with Crippen LogP contribution in [0.5, 0.6) is 0 Å². The molecule has 4 nitrogen and oxygen atoms in total. The Balaban J connectivity index is 1.58. The minimum Gasteiger partial charge on any atom is -0.455 e. The van der Waals surface area contributed by atoms with Crippen LogP contribution in [-0.4, -0.2) is 18.5 Å². The van der Waals surface area contributed by atoms with Crippen molar-refractivity contribution in [3.05, 3.63) is 76.8 Å². The molecule has 0 saturated heterocycles. The summed E-state index contributed by atoms with van der Waals surface area (Å²) in [5.74, 6) is -0.846. The van der Waals surface area contributed by atoms with E-state index in [0.29, 0.717) is 10.7 Å². The maximum absolute atomic E-state index is 12.1. The summed E-state index contributed by atoms with van der Waals surface area (Å²) in [7, 11) is 0. The van der Waals surface area contributed by atoms with Crippen molar-refractivity contribution in [3.8, 4) is 0 Å². The van der Waals surface area contributed by atoms with Gasteiger partial charge in [0, 0.05) is 10.7 Å². The van der Waals surface area contributed by atoms with E-state index in [-0.39, 0.29) is 13.0 Å². The van der Waals surface area contributed by atoms with Crippen molar-refractivity contribution in [2.75, 3.05) is 11.9 Å². The first-order chi connectivity index (χ1) is 12.5. The Morgan fingerprint density at radius 3 is 2.58 bits per heavy atom. The third-order valence-electron chi connectivity index (χ3n) is 4.12. The second kappa shape index (κ2) is 8.02. The van der Waals surface area contributed by atoms with Gasteiger partial charge in [0.2, 0.25) is 0 Å². The van der Waals surface area contributed by atoms with Gasteiger partial charge in [-0.25, -0.2) is 0 Å². The lowest BCUT2D eigenvalue weighted by Gasteiger charge is -2.10. The number of esters is 1. The molecule has 3 rings (SSSR count). The number of carbonyl (C=O) groups excluding carboxylic acids is 2. The topological polar surface area (TPSA) is 55.4 Å². The van der Waals surface area contributed by atoms with Gasteiger partial charge in [-0.3, -0.25) is 9.59 Å². The molecule has 0 aliphatic heterocycles. The number of amides is 1. The summed E-state index contributed by atoms with van der Waals surface area (Å²) in [4.78, 5) is 24.1. The number of fused-ring (bicyclic) bond motifs is 1. The third kappa shape index (κ3) is 4.21. The van der Waals surface area contributed by atoms with Gasteiger partial charge in [0.25, 0.3) is 5.91 Å². The minimum atomic E-state index is -0.445. The van der Waals surface area contributed by atoms with Gasteiger partial charge >= 0.3 is 5.97 Å². The van der Waals surface area contributed by atoms with Crippen molar-refractivity contribution >= 4 is 39.9 Å². The highest BCUT2D eigenvalue weighted by atomic mass is 35.5. The summed E-state index contributed by atoms with van der Waals surface area (Å²) in [6.07, 6.45) is 0.116. The first kappa shape index (κ1) is 18.0. The highest BCUT2D eigenvalue weighted by molar-refractivity contribution is 6.31. The van der Waals surface area contributed by atoms with Gasteiger partial charge in [0.1, 0.15) is 0 Å². The van der Waals surface area contributed by atoms with Gasteiger partial charge in [0.05, 0.1) is 6.42 Å². The summed E-state index contributed by atoms with van der Waals surface area (Å²) in [5.41, 5.74) is 2.25. The molecule has 0 unspecified atom stereocenters. The number of halogens is 1. The average Bonchev–Trinajstić information content (AvgIpc) is 2.64. The second-order valence-electron chi connectivity index (χ2n) is 5.94. The molecule has 0 radical (unpaired) electrons. The van der Waals surface area contributed by atoms with E-state index < -0.39 is 11.9 Å². The first-order valence-electron chi connectivity index (χ1n) is 8.22. The molecule has 0 saturated carbocycles. The van der Waals surface area contributed by atoms with Gasteiger partial charge < -0.3 is 10.1 Å². The van der Waals surface area contributed by atoms with Crippen LogP contribution < -0.4 is 5.32 Å². The minimum absolute atomic E-state index is 0.116. The van der Waals surface area contributed by atoms with E-state index in [2.05, 4.69) is 5.32 Å². The third-order valence-corrected chi connectivity index (χ3v) is 4.53. The van der Waals surface area contributed by atoms with Gasteiger partial charge in [-0.2, -0.15) is 0 Å². The molecule has 3 aromatic rings. The molecule has 3 aromatic carbocycles. The molecule has 0 aliphatic rings. The monoisotopic (exact) mass is 367 g/mol. The molecular weight excluding hydrogens is 350 g/mol. The van der Waals surface area contributed by atoms with Gasteiger partial charge in [0.15, 0.2) is 6.61 Å². The summed E-state index contributed by atoms with van der Waals surface area (Å²) in [6, 6.07) is 18.9. The second-order valence-corrected chi connectivity index (χ2v) is 6.34. The van der Waals surface area contributed by atoms with Crippen molar-refractivity contribution in [1.82, 2.24) is 0 Å². The summed E-state index contributed by atoms with van der Waals surface area (Å²) in [6.45, 7) is 1.47. The van der Waals surface area contributed by atoms with Crippen LogP contribution in [0.4, 0.5) is 5.69 Å². The van der Waals surface area contributed by atoms with E-state index in [0.717, 1.165) is 21.9 Å². The van der Waals surface area contributed by atoms with E-state index >= 15 is 0 Å². The van der Waals surface area contributed by atoms with E-state index in [9.17, 15) is 9.59 Å². The molecule has 0 bridgehead atoms. The van der Waals surface area contributed by atoms with Crippen molar-refractivity contribution in [1.29, 1.82) is 0 Å². The van der Waals surface area contributed by atoms with Gasteiger partial charge in [-0.05, 0) is 41.0 Å². The Labute approximate surface area is 156 Å². The summed E-state index contributed by atoms with van der Waals surface area (Å²) < 4.78 is 5.12. The molecule has 0 aliphatic carbocycles. The number of ether oxygens (including phenoxy) is 1. The fourth-order valence-electron chi connectivity index (χ4n) is 2.73. The predicted octanol–water partition coefficient (Wildman–Crippen LogP) is 4.53. The number of benzene rings is 3. The van der Waals surface area contributed by atoms with Crippen molar-refractivity contribution in [2.24, 2.45) is 0 Å². The van der Waals surface area contributed by atoms with E-state index in [1.54, 1.807) is 18.2 Å². The number of rotatable bonds is 5. The molecule has 26 heavy (non-hydrogen) atoms. The van der Waals surface area contributed by atoms with E-state index in [1.165, 1.54) is 0 Å². The zero-order chi connectivity index (χ0) is 18.5. The van der Waals surface area contributed by atoms with Crippen LogP contribution in [0.15, 0.2) is 60.7 Å². The molecule has 0 fully saturated rings. The summed E-state index contributed by atoms with van der Waals surface area (Å²) >= 11 is 6.03. The highest BCUT2D eigenvalue weighted by Crippen LogP contribution is 2.23. The Morgan fingerprint density at radius 1 is 1.00 bits per heavy atom. The van der Waals surface area contributed by atoms with Crippen LogP contribution >= 0.6 is 11.6 Å². The number of hydrogen-bond acceptors (Lipinski definition) is 3. The lowest BCUT2D eigenvalue weighted by molar-refractivity contribution is -0.146. The number of anilines is 1. The Hall–Kier alpha value is -2.85. The lowest BCUT2D eigenvalue weighted by atomic mass is 10.0. The molecule has 0 atom stereocenters. The van der Waals surface area contributed by atoms with Crippen LogP contribution in [0, 0.1) is 6.92 Å². The molecule has 1 N–H and O–H groups in total. The van der Waals surface area contributed by atoms with Crippen LogP contribution in [-0.2, 0) is 20.7 Å². The maximum atomic E-state index is 12.1. The molecule has 0 heterocycles. The van der Waals surface area contributed by atoms with Crippen LogP contribution in [0.1, 0.15) is 11.1 Å². The first-order valence-corrected chi connectivity index (χ1v) is 8.59. The SMILES string of the molecule is Cc1c(Cl)cccc1NC(=O)COC(=O)Cc1cccc2ccccc12. The zero-order valence-electron chi connectivity index (χ0n) is 14.3. The number of nitrogens with one attached hydrogen (secondary N) is 1. The normalized spacial score (nSPS) is 10.5. The Kier molecular flexibility index (Phi) is 5.54. The highest BCUT2D eigenvalue weighted by Gasteiger charge is 2.12. The van der Waals surface area contributed by atoms with Crippen LogP contribution in [0.2, 0.25) is 5.02 Å². The fraction of sp³-hybridized carbons (Fsp3) is 0.143. The number of carbonyl (C=O) groups is 2. The quantitative estimate of drug-likeness (QED) is 0.674. The fourth-order valence-corrected chi connectivity index (χ4v) is 2.90. The molecular formula is C21H18ClNO3. The lowest BCUT2D eigenvalue weighted by Crippen LogP contribution is -2.22. The van der Waals surface area contributed by atoms with Gasteiger partial charge in [-0.1, -0.05) is 60.1 Å². The predicted molar refractivity (Wildman–Crippen MR) is 103 cm³/mol. The zero-order valence-corrected chi connectivity index (χ0v) is 15.0. The molecule has 0 spiro atoms. The van der Waals surface area contributed by atoms with Gasteiger partial charge in [-0.15, -0.1) is 0 Å². The van der Waals surface area contributed by atoms with Crippen molar-refractivity contribution in [3.63, 3.8) is 0 Å². The van der Waals surface area contributed by atoms with Crippen LogP contribution in [0.25, 0.3) is 10.8 Å². The molecule has 1 amide bonds. The number of hydrogen-bond donors (Lipinski definition) is 1. The molecule has 132 valence electrons. The van der Waals surface area contributed by atoms with Crippen LogP contribution in [0.3, 0.4) is 0 Å². The summed E-state index contributed by atoms with van der Waals surface area (Å²) in [5, 5.41) is 5.33. The smallest absolute Gasteiger partial charge is 0.310 e. The van der Waals surface area contributed by atoms with Crippen molar-refractivity contribution < 1.29 is 14.3 Å².